The van der Waals surface area contributed by atoms with Gasteiger partial charge in [0.1, 0.15) is 17.0 Å². The number of hydrogen-bond donors (Lipinski definition) is 0. The Kier molecular flexibility index (Phi) is 6.61. The van der Waals surface area contributed by atoms with Gasteiger partial charge in [-0.05, 0) is 57.3 Å². The van der Waals surface area contributed by atoms with Crippen molar-refractivity contribution in [1.82, 2.24) is 0 Å². The second-order valence-electron chi connectivity index (χ2n) is 11.2. The van der Waals surface area contributed by atoms with Crippen molar-refractivity contribution < 1.29 is 9.53 Å². The highest BCUT2D eigenvalue weighted by Crippen LogP contribution is 2.59. The van der Waals surface area contributed by atoms with Gasteiger partial charge < -0.3 is 14.5 Å². The van der Waals surface area contributed by atoms with E-state index in [-0.39, 0.29) is 5.91 Å². The molecule has 7 rings (SSSR count). The molecule has 0 saturated heterocycles. The molecule has 0 aliphatic carbocycles. The van der Waals surface area contributed by atoms with Gasteiger partial charge >= 0.3 is 0 Å². The molecule has 216 valence electrons. The fourth-order valence-electron chi connectivity index (χ4n) is 7.23. The molecular weight excluding hydrogens is 530 g/mol. The van der Waals surface area contributed by atoms with Crippen molar-refractivity contribution in [2.24, 2.45) is 0 Å². The van der Waals surface area contributed by atoms with Gasteiger partial charge in [0, 0.05) is 77.3 Å². The first-order valence-electron chi connectivity index (χ1n) is 15.4. The van der Waals surface area contributed by atoms with Gasteiger partial charge in [0.15, 0.2) is 0 Å². The summed E-state index contributed by atoms with van der Waals surface area (Å²) >= 11 is 0. The Morgan fingerprint density at radius 1 is 0.628 bits per heavy atom. The van der Waals surface area contributed by atoms with Crippen LogP contribution in [0.15, 0.2) is 103 Å². The van der Waals surface area contributed by atoms with E-state index < -0.39 is 5.54 Å². The molecule has 0 N–H and O–H groups in total. The Morgan fingerprint density at radius 3 is 1.81 bits per heavy atom. The molecule has 0 atom stereocenters. The van der Waals surface area contributed by atoms with Crippen molar-refractivity contribution in [2.75, 3.05) is 40.9 Å². The lowest BCUT2D eigenvalue weighted by atomic mass is 9.74. The molecule has 0 fully saturated rings. The summed E-state index contributed by atoms with van der Waals surface area (Å²) in [5, 5.41) is 2.14. The van der Waals surface area contributed by atoms with Gasteiger partial charge in [0.2, 0.25) is 0 Å². The zero-order valence-corrected chi connectivity index (χ0v) is 25.3. The smallest absolute Gasteiger partial charge is 0.260 e. The number of carbonyl (C=O) groups is 1. The molecule has 0 radical (unpaired) electrons. The maximum absolute atomic E-state index is 14.7. The maximum atomic E-state index is 14.7. The second-order valence-corrected chi connectivity index (χ2v) is 11.2. The fraction of sp³-hybridized carbons (Fsp3) is 0.237. The van der Waals surface area contributed by atoms with Crippen molar-refractivity contribution in [2.45, 2.75) is 33.2 Å². The third-order valence-corrected chi connectivity index (χ3v) is 9.28. The Labute approximate surface area is 253 Å². The molecule has 5 heteroatoms. The van der Waals surface area contributed by atoms with E-state index in [1.54, 1.807) is 0 Å². The predicted octanol–water partition coefficient (Wildman–Crippen LogP) is 8.59. The molecule has 5 aromatic rings. The van der Waals surface area contributed by atoms with E-state index in [1.807, 2.05) is 35.2 Å². The first-order valence-corrected chi connectivity index (χ1v) is 15.4. The van der Waals surface area contributed by atoms with Crippen molar-refractivity contribution in [3.8, 4) is 11.5 Å². The van der Waals surface area contributed by atoms with E-state index in [4.69, 9.17) is 4.74 Å². The monoisotopic (exact) mass is 567 g/mol. The zero-order valence-electron chi connectivity index (χ0n) is 25.3. The molecule has 43 heavy (non-hydrogen) atoms. The minimum Gasteiger partial charge on any atom is -0.456 e. The summed E-state index contributed by atoms with van der Waals surface area (Å²) in [6.45, 7) is 12.3. The highest BCUT2D eigenvalue weighted by Gasteiger charge is 2.57. The Bertz CT molecular complexity index is 1790. The molecule has 2 heterocycles. The predicted molar refractivity (Wildman–Crippen MR) is 177 cm³/mol. The van der Waals surface area contributed by atoms with Gasteiger partial charge in [-0.1, -0.05) is 66.7 Å². The number of rotatable bonds is 7. The first-order chi connectivity index (χ1) is 21.1. The summed E-state index contributed by atoms with van der Waals surface area (Å²) in [5.74, 6) is 1.55. The van der Waals surface area contributed by atoms with Crippen LogP contribution in [0.5, 0.6) is 11.5 Å². The van der Waals surface area contributed by atoms with Gasteiger partial charge in [-0.3, -0.25) is 9.69 Å². The van der Waals surface area contributed by atoms with Gasteiger partial charge in [-0.2, -0.15) is 0 Å². The molecule has 1 spiro atoms. The maximum Gasteiger partial charge on any atom is 0.260 e. The fourth-order valence-corrected chi connectivity index (χ4v) is 7.23. The molecule has 5 nitrogen and oxygen atoms in total. The number of fused-ring (bicyclic) bond motifs is 7. The second kappa shape index (κ2) is 10.5. The van der Waals surface area contributed by atoms with Gasteiger partial charge in [0.05, 0.1) is 5.69 Å². The van der Waals surface area contributed by atoms with Crippen LogP contribution in [0.2, 0.25) is 0 Å². The summed E-state index contributed by atoms with van der Waals surface area (Å²) < 4.78 is 6.85. The number of hydrogen-bond acceptors (Lipinski definition) is 4. The number of carbonyl (C=O) groups excluding carboxylic acids is 1. The van der Waals surface area contributed by atoms with Crippen molar-refractivity contribution in [3.63, 3.8) is 0 Å². The summed E-state index contributed by atoms with van der Waals surface area (Å²) in [6.07, 6.45) is 0. The van der Waals surface area contributed by atoms with Crippen LogP contribution in [0.1, 0.15) is 54.7 Å². The lowest BCUT2D eigenvalue weighted by Gasteiger charge is -2.45. The molecule has 0 aromatic heterocycles. The minimum absolute atomic E-state index is 0.00797. The molecule has 0 saturated carbocycles. The Balaban J connectivity index is 1.59. The van der Waals surface area contributed by atoms with Gasteiger partial charge in [-0.15, -0.1) is 0 Å². The summed E-state index contributed by atoms with van der Waals surface area (Å²) in [6, 6.07) is 35.7. The van der Waals surface area contributed by atoms with Gasteiger partial charge in [0.25, 0.3) is 5.91 Å². The third-order valence-electron chi connectivity index (χ3n) is 9.28. The summed E-state index contributed by atoms with van der Waals surface area (Å²) in [5.41, 5.74) is 5.83. The highest BCUT2D eigenvalue weighted by molar-refractivity contribution is 6.17. The average Bonchev–Trinajstić information content (AvgIpc) is 3.30. The molecule has 2 aliphatic heterocycles. The van der Waals surface area contributed by atoms with Crippen LogP contribution in [-0.4, -0.2) is 32.1 Å². The van der Waals surface area contributed by atoms with E-state index in [9.17, 15) is 4.79 Å². The van der Waals surface area contributed by atoms with E-state index in [1.165, 1.54) is 0 Å². The van der Waals surface area contributed by atoms with Crippen molar-refractivity contribution >= 4 is 33.7 Å². The summed E-state index contributed by atoms with van der Waals surface area (Å²) in [7, 11) is 0. The van der Waals surface area contributed by atoms with Crippen LogP contribution in [0.25, 0.3) is 10.8 Å². The van der Waals surface area contributed by atoms with Crippen LogP contribution in [0.3, 0.4) is 0 Å². The van der Waals surface area contributed by atoms with E-state index >= 15 is 0 Å². The highest BCUT2D eigenvalue weighted by atomic mass is 16.5. The van der Waals surface area contributed by atoms with Crippen LogP contribution in [0, 0.1) is 0 Å². The molecule has 2 aliphatic rings. The standard InChI is InChI=1S/C38H37N3O2/c1-5-39(6-2)27-20-22-32-35(24-27)43-36-25-28(40(7-3)8-4)21-23-33(36)38(32)31-18-12-11-17-30(31)37(42)41(38)34-19-13-15-26-14-9-10-16-29(26)34/h9-25H,5-8H2,1-4H3. The largest absolute Gasteiger partial charge is 0.456 e. The quantitative estimate of drug-likeness (QED) is 0.197. The first kappa shape index (κ1) is 27.1. The number of amides is 1. The lowest BCUT2D eigenvalue weighted by Crippen LogP contribution is -2.47. The van der Waals surface area contributed by atoms with E-state index in [0.29, 0.717) is 0 Å². The third kappa shape index (κ3) is 3.87. The van der Waals surface area contributed by atoms with Crippen LogP contribution in [-0.2, 0) is 5.54 Å². The van der Waals surface area contributed by atoms with Crippen LogP contribution < -0.4 is 19.4 Å². The Hall–Kier alpha value is -4.77. The molecule has 1 amide bonds. The van der Waals surface area contributed by atoms with E-state index in [2.05, 4.69) is 110 Å². The number of benzene rings is 5. The average molecular weight is 568 g/mol. The minimum atomic E-state index is -0.912. The van der Waals surface area contributed by atoms with E-state index in [0.717, 1.165) is 87.8 Å². The lowest BCUT2D eigenvalue weighted by molar-refractivity contribution is 0.0986. The van der Waals surface area contributed by atoms with Crippen molar-refractivity contribution in [1.29, 1.82) is 0 Å². The number of nitrogens with zero attached hydrogens (tertiary/aromatic N) is 3. The van der Waals surface area contributed by atoms with Gasteiger partial charge in [-0.25, -0.2) is 0 Å². The molecule has 0 unspecified atom stereocenters. The summed E-state index contributed by atoms with van der Waals surface area (Å²) in [4.78, 5) is 21.4. The Morgan fingerprint density at radius 2 is 1.19 bits per heavy atom. The van der Waals surface area contributed by atoms with Crippen LogP contribution in [0.4, 0.5) is 17.1 Å². The zero-order chi connectivity index (χ0) is 29.7. The number of ether oxygens (including phenoxy) is 1. The van der Waals surface area contributed by atoms with Crippen molar-refractivity contribution in [3.05, 3.63) is 125 Å². The molecule has 5 aromatic carbocycles. The topological polar surface area (TPSA) is 36.0 Å². The van der Waals surface area contributed by atoms with Crippen LogP contribution >= 0.6 is 0 Å². The number of anilines is 3. The SMILES string of the molecule is CCN(CC)c1ccc2c(c1)Oc1cc(N(CC)CC)ccc1C21c2ccccc2C(=O)N1c1cccc2ccccc12. The molecular formula is C38H37N3O2. The molecule has 0 bridgehead atoms. The normalized spacial score (nSPS) is 14.3.